The van der Waals surface area contributed by atoms with Crippen LogP contribution in [-0.2, 0) is 23.9 Å². The van der Waals surface area contributed by atoms with E-state index in [1.165, 1.54) is 77.0 Å². The van der Waals surface area contributed by atoms with Crippen LogP contribution in [0.3, 0.4) is 0 Å². The molecule has 0 rings (SSSR count). The lowest BCUT2D eigenvalue weighted by Gasteiger charge is -2.24. The molecule has 0 saturated carbocycles. The summed E-state index contributed by atoms with van der Waals surface area (Å²) in [6, 6.07) is 0. The predicted octanol–water partition coefficient (Wildman–Crippen LogP) is 9.92. The molecule has 0 aliphatic heterocycles. The third kappa shape index (κ3) is 25.5. The van der Waals surface area contributed by atoms with Crippen molar-refractivity contribution in [1.82, 2.24) is 4.90 Å². The van der Waals surface area contributed by atoms with Gasteiger partial charge < -0.3 is 20.1 Å². The lowest BCUT2D eigenvalue weighted by atomic mass is 9.94. The molecule has 0 heterocycles. The zero-order chi connectivity index (χ0) is 34.1. The molecular formula is C39H76N2O5. The maximum absolute atomic E-state index is 13.1. The second-order valence-electron chi connectivity index (χ2n) is 13.5. The number of unbranched alkanes of at least 4 members (excludes halogenated alkanes) is 16. The van der Waals surface area contributed by atoms with Crippen molar-refractivity contribution in [3.63, 3.8) is 0 Å². The van der Waals surface area contributed by atoms with E-state index in [-0.39, 0.29) is 55.9 Å². The first-order valence-corrected chi connectivity index (χ1v) is 19.8. The summed E-state index contributed by atoms with van der Waals surface area (Å²) in [6.45, 7) is 10.00. The normalized spacial score (nSPS) is 12.5. The Bertz CT molecular complexity index is 666. The summed E-state index contributed by atoms with van der Waals surface area (Å²) in [6.07, 6.45) is 27.3. The van der Waals surface area contributed by atoms with Crippen LogP contribution in [0.2, 0.25) is 0 Å². The van der Waals surface area contributed by atoms with Crippen molar-refractivity contribution >= 4 is 17.8 Å². The van der Waals surface area contributed by atoms with Gasteiger partial charge in [0.2, 0.25) is 5.91 Å². The first-order chi connectivity index (χ1) is 22.4. The Morgan fingerprint density at radius 2 is 0.804 bits per heavy atom. The second kappa shape index (κ2) is 33.3. The molecule has 0 spiro atoms. The van der Waals surface area contributed by atoms with E-state index < -0.39 is 0 Å². The highest BCUT2D eigenvalue weighted by Crippen LogP contribution is 2.22. The van der Waals surface area contributed by atoms with Crippen LogP contribution in [0.5, 0.6) is 0 Å². The molecule has 1 amide bonds. The second-order valence-corrected chi connectivity index (χ2v) is 13.5. The SMILES string of the molecule is CCCCCCCCC(CCCCCC)C(=O)OCCN(CCOC(=O)C(CCCCCC)CCCCCCCC)C(=O)CCN. The van der Waals surface area contributed by atoms with Crippen molar-refractivity contribution in [2.45, 2.75) is 188 Å². The van der Waals surface area contributed by atoms with Crippen LogP contribution in [-0.4, -0.2) is 55.6 Å². The van der Waals surface area contributed by atoms with Crippen LogP contribution < -0.4 is 5.73 Å². The molecule has 0 aliphatic carbocycles. The van der Waals surface area contributed by atoms with Gasteiger partial charge in [0.15, 0.2) is 0 Å². The van der Waals surface area contributed by atoms with E-state index in [0.29, 0.717) is 13.1 Å². The van der Waals surface area contributed by atoms with E-state index in [1.807, 2.05) is 0 Å². The van der Waals surface area contributed by atoms with E-state index in [9.17, 15) is 14.4 Å². The minimum atomic E-state index is -0.136. The van der Waals surface area contributed by atoms with Gasteiger partial charge in [-0.1, -0.05) is 156 Å². The Morgan fingerprint density at radius 3 is 1.13 bits per heavy atom. The summed E-state index contributed by atoms with van der Waals surface area (Å²) in [7, 11) is 0. The minimum absolute atomic E-state index is 0.0712. The third-order valence-electron chi connectivity index (χ3n) is 9.21. The fourth-order valence-electron chi connectivity index (χ4n) is 6.13. The van der Waals surface area contributed by atoms with Gasteiger partial charge in [0, 0.05) is 13.0 Å². The van der Waals surface area contributed by atoms with Crippen molar-refractivity contribution in [3.05, 3.63) is 0 Å². The van der Waals surface area contributed by atoms with Gasteiger partial charge in [0.25, 0.3) is 0 Å². The number of amides is 1. The Labute approximate surface area is 284 Å². The fourth-order valence-corrected chi connectivity index (χ4v) is 6.13. The van der Waals surface area contributed by atoms with Gasteiger partial charge >= 0.3 is 11.9 Å². The van der Waals surface area contributed by atoms with E-state index in [0.717, 1.165) is 77.0 Å². The van der Waals surface area contributed by atoms with Crippen molar-refractivity contribution in [1.29, 1.82) is 0 Å². The Kier molecular flexibility index (Phi) is 32.1. The van der Waals surface area contributed by atoms with Gasteiger partial charge in [-0.2, -0.15) is 0 Å². The molecule has 2 atom stereocenters. The monoisotopic (exact) mass is 653 g/mol. The van der Waals surface area contributed by atoms with Crippen LogP contribution >= 0.6 is 0 Å². The van der Waals surface area contributed by atoms with E-state index >= 15 is 0 Å². The maximum atomic E-state index is 13.1. The molecule has 272 valence electrons. The maximum Gasteiger partial charge on any atom is 0.308 e. The molecule has 0 bridgehead atoms. The molecule has 0 radical (unpaired) electrons. The molecule has 46 heavy (non-hydrogen) atoms. The smallest absolute Gasteiger partial charge is 0.308 e. The fraction of sp³-hybridized carbons (Fsp3) is 0.923. The van der Waals surface area contributed by atoms with Gasteiger partial charge in [-0.3, -0.25) is 14.4 Å². The topological polar surface area (TPSA) is 98.9 Å². The lowest BCUT2D eigenvalue weighted by Crippen LogP contribution is -2.38. The summed E-state index contributed by atoms with van der Waals surface area (Å²) >= 11 is 0. The molecule has 0 saturated heterocycles. The summed E-state index contributed by atoms with van der Waals surface area (Å²) in [5, 5.41) is 0. The number of hydrogen-bond donors (Lipinski definition) is 1. The molecule has 0 aromatic rings. The number of hydrogen-bond acceptors (Lipinski definition) is 6. The van der Waals surface area contributed by atoms with Crippen molar-refractivity contribution in [2.24, 2.45) is 17.6 Å². The first-order valence-electron chi connectivity index (χ1n) is 19.8. The quantitative estimate of drug-likeness (QED) is 0.0549. The average Bonchev–Trinajstić information content (AvgIpc) is 3.05. The number of nitrogens with two attached hydrogens (primary N) is 1. The Morgan fingerprint density at radius 1 is 0.500 bits per heavy atom. The zero-order valence-corrected chi connectivity index (χ0v) is 30.9. The van der Waals surface area contributed by atoms with Crippen LogP contribution in [0.15, 0.2) is 0 Å². The highest BCUT2D eigenvalue weighted by Gasteiger charge is 2.22. The zero-order valence-electron chi connectivity index (χ0n) is 30.9. The van der Waals surface area contributed by atoms with Crippen LogP contribution in [0.1, 0.15) is 188 Å². The molecule has 0 aromatic heterocycles. The number of esters is 2. The number of carbonyl (C=O) groups is 3. The molecule has 2 unspecified atom stereocenters. The standard InChI is InChI=1S/C39H76N2O5/c1-5-9-13-17-19-23-27-35(25-21-15-11-7-3)38(43)45-33-31-41(37(42)29-30-40)32-34-46-39(44)36(26-22-16-12-8-4)28-24-20-18-14-10-6-2/h35-36H,5-34,40H2,1-4H3. The van der Waals surface area contributed by atoms with E-state index in [2.05, 4.69) is 27.7 Å². The largest absolute Gasteiger partial charge is 0.464 e. The summed E-state index contributed by atoms with van der Waals surface area (Å²) in [5.41, 5.74) is 5.69. The molecule has 7 heteroatoms. The van der Waals surface area contributed by atoms with E-state index in [1.54, 1.807) is 4.90 Å². The van der Waals surface area contributed by atoms with Gasteiger partial charge in [0.1, 0.15) is 13.2 Å². The van der Waals surface area contributed by atoms with Gasteiger partial charge in [-0.15, -0.1) is 0 Å². The number of carbonyl (C=O) groups excluding carboxylic acids is 3. The Hall–Kier alpha value is -1.63. The lowest BCUT2D eigenvalue weighted by molar-refractivity contribution is -0.152. The molecule has 0 fully saturated rings. The van der Waals surface area contributed by atoms with Crippen molar-refractivity contribution < 1.29 is 23.9 Å². The van der Waals surface area contributed by atoms with E-state index in [4.69, 9.17) is 15.2 Å². The molecule has 7 nitrogen and oxygen atoms in total. The summed E-state index contributed by atoms with van der Waals surface area (Å²) in [4.78, 5) is 40.7. The van der Waals surface area contributed by atoms with Gasteiger partial charge in [0.05, 0.1) is 24.9 Å². The average molecular weight is 653 g/mol. The summed E-state index contributed by atoms with van der Waals surface area (Å²) < 4.78 is 11.5. The van der Waals surface area contributed by atoms with Gasteiger partial charge in [-0.25, -0.2) is 0 Å². The minimum Gasteiger partial charge on any atom is -0.464 e. The molecule has 0 aromatic carbocycles. The van der Waals surface area contributed by atoms with Crippen molar-refractivity contribution in [2.75, 3.05) is 32.8 Å². The molecule has 2 N–H and O–H groups in total. The first kappa shape index (κ1) is 44.4. The molecular weight excluding hydrogens is 576 g/mol. The Balaban J connectivity index is 4.93. The highest BCUT2D eigenvalue weighted by molar-refractivity contribution is 5.76. The predicted molar refractivity (Wildman–Crippen MR) is 193 cm³/mol. The van der Waals surface area contributed by atoms with Gasteiger partial charge in [-0.05, 0) is 25.7 Å². The number of rotatable bonds is 34. The third-order valence-corrected chi connectivity index (χ3v) is 9.21. The molecule has 0 aliphatic rings. The number of ether oxygens (including phenoxy) is 2. The highest BCUT2D eigenvalue weighted by atomic mass is 16.5. The van der Waals surface area contributed by atoms with Crippen LogP contribution in [0.4, 0.5) is 0 Å². The summed E-state index contributed by atoms with van der Waals surface area (Å²) in [5.74, 6) is -0.510. The number of nitrogens with zero attached hydrogens (tertiary/aromatic N) is 1. The van der Waals surface area contributed by atoms with Crippen LogP contribution in [0, 0.1) is 11.8 Å². The van der Waals surface area contributed by atoms with Crippen molar-refractivity contribution in [3.8, 4) is 0 Å². The van der Waals surface area contributed by atoms with Crippen LogP contribution in [0.25, 0.3) is 0 Å².